The molecule has 1 aromatic carbocycles. The summed E-state index contributed by atoms with van der Waals surface area (Å²) in [7, 11) is 1.52. The van der Waals surface area contributed by atoms with Crippen molar-refractivity contribution in [1.82, 2.24) is 0 Å². The van der Waals surface area contributed by atoms with Gasteiger partial charge >= 0.3 is 0 Å². The van der Waals surface area contributed by atoms with Crippen LogP contribution in [0, 0.1) is 17.0 Å². The van der Waals surface area contributed by atoms with Crippen molar-refractivity contribution in [2.24, 2.45) is 0 Å². The lowest BCUT2D eigenvalue weighted by Crippen LogP contribution is -2.02. The highest BCUT2D eigenvalue weighted by Gasteiger charge is 2.12. The summed E-state index contributed by atoms with van der Waals surface area (Å²) in [6, 6.07) is 6.27. The molecule has 6 nitrogen and oxygen atoms in total. The molecule has 0 aliphatic heterocycles. The van der Waals surface area contributed by atoms with Gasteiger partial charge in [-0.3, -0.25) is 10.1 Å². The SMILES string of the molecule is COc1ccc([N+](=O)[O-])cc1NCc1occc1C. The van der Waals surface area contributed by atoms with Gasteiger partial charge in [-0.1, -0.05) is 0 Å². The van der Waals surface area contributed by atoms with Gasteiger partial charge in [-0.2, -0.15) is 0 Å². The Morgan fingerprint density at radius 2 is 2.21 bits per heavy atom. The van der Waals surface area contributed by atoms with E-state index in [-0.39, 0.29) is 5.69 Å². The van der Waals surface area contributed by atoms with Crippen molar-refractivity contribution in [3.05, 3.63) is 52.0 Å². The highest BCUT2D eigenvalue weighted by Crippen LogP contribution is 2.29. The summed E-state index contributed by atoms with van der Waals surface area (Å²) in [4.78, 5) is 10.3. The molecule has 0 unspecified atom stereocenters. The first-order chi connectivity index (χ1) is 9.11. The molecule has 6 heteroatoms. The summed E-state index contributed by atoms with van der Waals surface area (Å²) in [5.74, 6) is 1.34. The number of nitro benzene ring substituents is 1. The lowest BCUT2D eigenvalue weighted by Gasteiger charge is -2.10. The molecule has 100 valence electrons. The summed E-state index contributed by atoms with van der Waals surface area (Å²) < 4.78 is 10.5. The Morgan fingerprint density at radius 3 is 2.79 bits per heavy atom. The number of nitro groups is 1. The van der Waals surface area contributed by atoms with Gasteiger partial charge in [0.15, 0.2) is 0 Å². The molecule has 19 heavy (non-hydrogen) atoms. The van der Waals surface area contributed by atoms with Crippen molar-refractivity contribution in [2.45, 2.75) is 13.5 Å². The van der Waals surface area contributed by atoms with E-state index < -0.39 is 4.92 Å². The molecule has 0 fully saturated rings. The Hall–Kier alpha value is -2.50. The first-order valence-electron chi connectivity index (χ1n) is 5.71. The second-order valence-electron chi connectivity index (χ2n) is 4.02. The van der Waals surface area contributed by atoms with E-state index in [1.807, 2.05) is 13.0 Å². The van der Waals surface area contributed by atoms with Gasteiger partial charge in [0, 0.05) is 12.1 Å². The molecule has 2 aromatic rings. The molecule has 0 bridgehead atoms. The Bertz CT molecular complexity index is 592. The van der Waals surface area contributed by atoms with Crippen LogP contribution in [0.2, 0.25) is 0 Å². The van der Waals surface area contributed by atoms with Crippen molar-refractivity contribution in [2.75, 3.05) is 12.4 Å². The number of nitrogens with zero attached hydrogens (tertiary/aromatic N) is 1. The van der Waals surface area contributed by atoms with Crippen LogP contribution in [0.3, 0.4) is 0 Å². The average molecular weight is 262 g/mol. The van der Waals surface area contributed by atoms with E-state index in [2.05, 4.69) is 5.32 Å². The molecule has 1 N–H and O–H groups in total. The van der Waals surface area contributed by atoms with Crippen LogP contribution in [-0.2, 0) is 6.54 Å². The predicted octanol–water partition coefficient (Wildman–Crippen LogP) is 3.12. The normalized spacial score (nSPS) is 10.2. The van der Waals surface area contributed by atoms with Crippen LogP contribution in [0.4, 0.5) is 11.4 Å². The largest absolute Gasteiger partial charge is 0.495 e. The lowest BCUT2D eigenvalue weighted by atomic mass is 10.2. The Kier molecular flexibility index (Phi) is 3.70. The van der Waals surface area contributed by atoms with Gasteiger partial charge in [0.25, 0.3) is 5.69 Å². The number of anilines is 1. The number of hydrogen-bond acceptors (Lipinski definition) is 5. The van der Waals surface area contributed by atoms with Crippen LogP contribution >= 0.6 is 0 Å². The molecule has 0 atom stereocenters. The van der Waals surface area contributed by atoms with Gasteiger partial charge in [0.05, 0.1) is 30.5 Å². The van der Waals surface area contributed by atoms with Crippen molar-refractivity contribution in [3.8, 4) is 5.75 Å². The number of methoxy groups -OCH3 is 1. The van der Waals surface area contributed by atoms with Crippen molar-refractivity contribution < 1.29 is 14.1 Å². The maximum absolute atomic E-state index is 10.8. The molecule has 0 amide bonds. The van der Waals surface area contributed by atoms with E-state index in [1.54, 1.807) is 12.3 Å². The summed E-state index contributed by atoms with van der Waals surface area (Å²) in [6.07, 6.45) is 1.61. The molecule has 0 spiro atoms. The minimum absolute atomic E-state index is 0.0134. The zero-order valence-electron chi connectivity index (χ0n) is 10.7. The van der Waals surface area contributed by atoms with Crippen molar-refractivity contribution >= 4 is 11.4 Å². The maximum Gasteiger partial charge on any atom is 0.271 e. The van der Waals surface area contributed by atoms with Crippen LogP contribution in [0.15, 0.2) is 34.9 Å². The molecule has 2 rings (SSSR count). The quantitative estimate of drug-likeness (QED) is 0.661. The molecule has 0 radical (unpaired) electrons. The first kappa shape index (κ1) is 12.9. The molecule has 1 heterocycles. The van der Waals surface area contributed by atoms with Gasteiger partial charge < -0.3 is 14.5 Å². The zero-order chi connectivity index (χ0) is 13.8. The number of aryl methyl sites for hydroxylation is 1. The Morgan fingerprint density at radius 1 is 1.42 bits per heavy atom. The molecular formula is C13H14N2O4. The third kappa shape index (κ3) is 2.85. The first-order valence-corrected chi connectivity index (χ1v) is 5.71. The highest BCUT2D eigenvalue weighted by atomic mass is 16.6. The fourth-order valence-electron chi connectivity index (χ4n) is 1.71. The fourth-order valence-corrected chi connectivity index (χ4v) is 1.71. The minimum atomic E-state index is -0.442. The van der Waals surface area contributed by atoms with Crippen LogP contribution in [0.1, 0.15) is 11.3 Å². The molecule has 0 aliphatic rings. The predicted molar refractivity (Wildman–Crippen MR) is 70.4 cm³/mol. The van der Waals surface area contributed by atoms with Gasteiger partial charge in [-0.05, 0) is 24.6 Å². The average Bonchev–Trinajstić information content (AvgIpc) is 2.81. The number of hydrogen-bond donors (Lipinski definition) is 1. The zero-order valence-corrected chi connectivity index (χ0v) is 10.7. The number of nitrogens with one attached hydrogen (secondary N) is 1. The van der Waals surface area contributed by atoms with Crippen LogP contribution in [0.5, 0.6) is 5.75 Å². The van der Waals surface area contributed by atoms with E-state index >= 15 is 0 Å². The Balaban J connectivity index is 2.20. The second-order valence-corrected chi connectivity index (χ2v) is 4.02. The highest BCUT2D eigenvalue weighted by molar-refractivity contribution is 5.61. The van der Waals surface area contributed by atoms with Gasteiger partial charge in [0.2, 0.25) is 0 Å². The second kappa shape index (κ2) is 5.43. The molecule has 1 aromatic heterocycles. The topological polar surface area (TPSA) is 77.5 Å². The van der Waals surface area contributed by atoms with Gasteiger partial charge in [0.1, 0.15) is 11.5 Å². The van der Waals surface area contributed by atoms with E-state index in [0.717, 1.165) is 11.3 Å². The van der Waals surface area contributed by atoms with Gasteiger partial charge in [-0.15, -0.1) is 0 Å². The fraction of sp³-hybridized carbons (Fsp3) is 0.231. The standard InChI is InChI=1S/C13H14N2O4/c1-9-5-6-19-13(9)8-14-11-7-10(15(16)17)3-4-12(11)18-2/h3-7,14H,8H2,1-2H3. The van der Waals surface area contributed by atoms with Crippen molar-refractivity contribution in [3.63, 3.8) is 0 Å². The molecule has 0 saturated heterocycles. The monoisotopic (exact) mass is 262 g/mol. The number of ether oxygens (including phenoxy) is 1. The summed E-state index contributed by atoms with van der Waals surface area (Å²) in [5, 5.41) is 13.8. The van der Waals surface area contributed by atoms with Gasteiger partial charge in [-0.25, -0.2) is 0 Å². The maximum atomic E-state index is 10.8. The third-order valence-electron chi connectivity index (χ3n) is 2.80. The number of rotatable bonds is 5. The van der Waals surface area contributed by atoms with Crippen molar-refractivity contribution in [1.29, 1.82) is 0 Å². The van der Waals surface area contributed by atoms with E-state index in [9.17, 15) is 10.1 Å². The number of furan rings is 1. The number of non-ortho nitro benzene ring substituents is 1. The summed E-state index contributed by atoms with van der Waals surface area (Å²) >= 11 is 0. The smallest absolute Gasteiger partial charge is 0.271 e. The molecular weight excluding hydrogens is 248 g/mol. The van der Waals surface area contributed by atoms with E-state index in [4.69, 9.17) is 9.15 Å². The Labute approximate surface area is 110 Å². The molecule has 0 aliphatic carbocycles. The van der Waals surface area contributed by atoms with E-state index in [0.29, 0.717) is 18.0 Å². The molecule has 0 saturated carbocycles. The van der Waals surface area contributed by atoms with E-state index in [1.165, 1.54) is 19.2 Å². The number of benzene rings is 1. The van der Waals surface area contributed by atoms with Crippen LogP contribution in [-0.4, -0.2) is 12.0 Å². The third-order valence-corrected chi connectivity index (χ3v) is 2.80. The minimum Gasteiger partial charge on any atom is -0.495 e. The van der Waals surface area contributed by atoms with Crippen LogP contribution < -0.4 is 10.1 Å². The summed E-state index contributed by atoms with van der Waals surface area (Å²) in [5.41, 5.74) is 1.60. The van der Waals surface area contributed by atoms with Crippen LogP contribution in [0.25, 0.3) is 0 Å². The summed E-state index contributed by atoms with van der Waals surface area (Å²) in [6.45, 7) is 2.38. The lowest BCUT2D eigenvalue weighted by molar-refractivity contribution is -0.384.